The molecule has 0 spiro atoms. The molecule has 0 aromatic heterocycles. The van der Waals surface area contributed by atoms with Crippen LogP contribution in [0.1, 0.15) is 31.2 Å². The molecule has 5 heteroatoms. The van der Waals surface area contributed by atoms with E-state index in [1.165, 1.54) is 0 Å². The normalized spacial score (nSPS) is 23.7. The second-order valence-corrected chi connectivity index (χ2v) is 8.09. The fraction of sp³-hybridized carbons (Fsp3) is 0.522. The van der Waals surface area contributed by atoms with Crippen LogP contribution in [-0.4, -0.2) is 49.8 Å². The van der Waals surface area contributed by atoms with Gasteiger partial charge in [-0.3, -0.25) is 4.79 Å². The summed E-state index contributed by atoms with van der Waals surface area (Å²) >= 11 is 0. The van der Waals surface area contributed by atoms with E-state index in [-0.39, 0.29) is 18.1 Å². The van der Waals surface area contributed by atoms with Gasteiger partial charge in [-0.15, -0.1) is 0 Å². The van der Waals surface area contributed by atoms with Gasteiger partial charge in [0, 0.05) is 25.7 Å². The minimum absolute atomic E-state index is 0.204. The Balaban J connectivity index is 1.39. The fourth-order valence-corrected chi connectivity index (χ4v) is 4.58. The first-order valence-electron chi connectivity index (χ1n) is 10.3. The van der Waals surface area contributed by atoms with Gasteiger partial charge in [-0.25, -0.2) is 0 Å². The summed E-state index contributed by atoms with van der Waals surface area (Å²) in [6.07, 6.45) is 4.63. The zero-order valence-corrected chi connectivity index (χ0v) is 16.6. The van der Waals surface area contributed by atoms with Gasteiger partial charge >= 0.3 is 0 Å². The number of piperidine rings is 1. The lowest BCUT2D eigenvalue weighted by molar-refractivity contribution is -0.133. The molecular formula is C23H30N2O3. The number of nitrogens with two attached hydrogens (primary N) is 1. The van der Waals surface area contributed by atoms with Gasteiger partial charge < -0.3 is 20.1 Å². The highest BCUT2D eigenvalue weighted by Crippen LogP contribution is 2.29. The van der Waals surface area contributed by atoms with E-state index in [4.69, 9.17) is 15.2 Å². The van der Waals surface area contributed by atoms with Crippen LogP contribution in [0.3, 0.4) is 0 Å². The maximum atomic E-state index is 12.9. The highest BCUT2D eigenvalue weighted by Gasteiger charge is 2.32. The molecule has 5 nitrogen and oxygen atoms in total. The molecular weight excluding hydrogens is 352 g/mol. The monoisotopic (exact) mass is 382 g/mol. The Morgan fingerprint density at radius 1 is 1.21 bits per heavy atom. The van der Waals surface area contributed by atoms with Gasteiger partial charge in [0.15, 0.2) is 0 Å². The number of hydrogen-bond acceptors (Lipinski definition) is 4. The molecule has 2 heterocycles. The molecule has 1 amide bonds. The Kier molecular flexibility index (Phi) is 5.83. The number of rotatable bonds is 4. The molecule has 2 atom stereocenters. The summed E-state index contributed by atoms with van der Waals surface area (Å²) in [7, 11) is 1.67. The molecule has 2 aromatic carbocycles. The molecule has 28 heavy (non-hydrogen) atoms. The number of carbonyl (C=O) groups is 1. The Bertz CT molecular complexity index is 830. The summed E-state index contributed by atoms with van der Waals surface area (Å²) in [6, 6.07) is 12.4. The summed E-state index contributed by atoms with van der Waals surface area (Å²) in [4.78, 5) is 15.0. The van der Waals surface area contributed by atoms with Crippen LogP contribution in [0.25, 0.3) is 10.8 Å². The van der Waals surface area contributed by atoms with Crippen molar-refractivity contribution < 1.29 is 14.3 Å². The van der Waals surface area contributed by atoms with Gasteiger partial charge in [0.2, 0.25) is 5.91 Å². The summed E-state index contributed by atoms with van der Waals surface area (Å²) in [5.41, 5.74) is 7.17. The van der Waals surface area contributed by atoms with E-state index in [1.807, 2.05) is 35.2 Å². The third kappa shape index (κ3) is 4.15. The smallest absolute Gasteiger partial charge is 0.227 e. The predicted molar refractivity (Wildman–Crippen MR) is 110 cm³/mol. The van der Waals surface area contributed by atoms with Crippen LogP contribution >= 0.6 is 0 Å². The molecule has 0 unspecified atom stereocenters. The molecule has 0 aliphatic carbocycles. The van der Waals surface area contributed by atoms with E-state index < -0.39 is 0 Å². The first-order valence-corrected chi connectivity index (χ1v) is 10.3. The van der Waals surface area contributed by atoms with Crippen molar-refractivity contribution in [3.8, 4) is 5.75 Å². The van der Waals surface area contributed by atoms with Crippen molar-refractivity contribution in [2.45, 2.75) is 44.2 Å². The van der Waals surface area contributed by atoms with Gasteiger partial charge in [0.05, 0.1) is 19.6 Å². The molecule has 2 aliphatic heterocycles. The summed E-state index contributed by atoms with van der Waals surface area (Å²) < 4.78 is 11.3. The van der Waals surface area contributed by atoms with Crippen molar-refractivity contribution in [2.24, 2.45) is 11.7 Å². The number of methoxy groups -OCH3 is 1. The number of ether oxygens (including phenoxy) is 2. The number of hydrogen-bond donors (Lipinski definition) is 1. The van der Waals surface area contributed by atoms with E-state index in [0.29, 0.717) is 12.3 Å². The number of fused-ring (bicyclic) bond motifs is 1. The molecule has 0 radical (unpaired) electrons. The topological polar surface area (TPSA) is 64.8 Å². The van der Waals surface area contributed by atoms with E-state index >= 15 is 0 Å². The number of carbonyl (C=O) groups excluding carboxylic acids is 1. The maximum absolute atomic E-state index is 12.9. The number of amides is 1. The molecule has 2 N–H and O–H groups in total. The van der Waals surface area contributed by atoms with Gasteiger partial charge in [-0.2, -0.15) is 0 Å². The Labute approximate surface area is 166 Å². The van der Waals surface area contributed by atoms with Gasteiger partial charge in [-0.05, 0) is 60.1 Å². The first kappa shape index (κ1) is 19.2. The van der Waals surface area contributed by atoms with Crippen LogP contribution in [0.5, 0.6) is 5.75 Å². The van der Waals surface area contributed by atoms with E-state index in [9.17, 15) is 4.79 Å². The van der Waals surface area contributed by atoms with Gasteiger partial charge in [-0.1, -0.05) is 24.3 Å². The average Bonchev–Trinajstić information content (AvgIpc) is 2.74. The zero-order chi connectivity index (χ0) is 19.5. The molecule has 4 rings (SSSR count). The molecule has 0 bridgehead atoms. The van der Waals surface area contributed by atoms with Crippen molar-refractivity contribution >= 4 is 16.7 Å². The molecule has 2 saturated heterocycles. The van der Waals surface area contributed by atoms with E-state index in [2.05, 4.69) is 6.07 Å². The van der Waals surface area contributed by atoms with Crippen molar-refractivity contribution in [3.05, 3.63) is 42.0 Å². The average molecular weight is 383 g/mol. The molecule has 2 aromatic rings. The van der Waals surface area contributed by atoms with Crippen LogP contribution in [0.4, 0.5) is 0 Å². The Morgan fingerprint density at radius 2 is 2.04 bits per heavy atom. The lowest BCUT2D eigenvalue weighted by Gasteiger charge is -2.38. The third-order valence-electron chi connectivity index (χ3n) is 6.30. The predicted octanol–water partition coefficient (Wildman–Crippen LogP) is 3.14. The summed E-state index contributed by atoms with van der Waals surface area (Å²) in [5, 5.41) is 2.23. The summed E-state index contributed by atoms with van der Waals surface area (Å²) in [5.74, 6) is 1.55. The minimum Gasteiger partial charge on any atom is -0.497 e. The van der Waals surface area contributed by atoms with Crippen molar-refractivity contribution in [1.29, 1.82) is 0 Å². The quantitative estimate of drug-likeness (QED) is 0.882. The van der Waals surface area contributed by atoms with Gasteiger partial charge in [0.1, 0.15) is 5.75 Å². The van der Waals surface area contributed by atoms with Crippen LogP contribution in [-0.2, 0) is 16.0 Å². The van der Waals surface area contributed by atoms with E-state index in [0.717, 1.165) is 67.5 Å². The number of likely N-dealkylation sites (tertiary alicyclic amines) is 1. The molecule has 0 saturated carbocycles. The van der Waals surface area contributed by atoms with Crippen molar-refractivity contribution in [1.82, 2.24) is 4.90 Å². The van der Waals surface area contributed by atoms with E-state index in [1.54, 1.807) is 7.11 Å². The highest BCUT2D eigenvalue weighted by atomic mass is 16.5. The third-order valence-corrected chi connectivity index (χ3v) is 6.30. The molecule has 2 fully saturated rings. The fourth-order valence-electron chi connectivity index (χ4n) is 4.58. The minimum atomic E-state index is 0.204. The summed E-state index contributed by atoms with van der Waals surface area (Å²) in [6.45, 7) is 2.40. The van der Waals surface area contributed by atoms with Gasteiger partial charge in [0.25, 0.3) is 0 Å². The standard InChI is InChI=1S/C23H30N2O3/c1-27-20-6-5-16-3-2-4-18(21(16)15-20)13-23(26)25-10-7-17(8-11-25)22-14-19(24)9-12-28-22/h2-6,15,17,19,22H,7-14,24H2,1H3/t19-,22-/m1/s1. The van der Waals surface area contributed by atoms with Crippen molar-refractivity contribution in [2.75, 3.05) is 26.8 Å². The highest BCUT2D eigenvalue weighted by molar-refractivity contribution is 5.91. The largest absolute Gasteiger partial charge is 0.497 e. The second-order valence-electron chi connectivity index (χ2n) is 8.09. The Hall–Kier alpha value is -2.11. The van der Waals surface area contributed by atoms with Crippen LogP contribution in [0.15, 0.2) is 36.4 Å². The lowest BCUT2D eigenvalue weighted by Crippen LogP contribution is -2.45. The first-order chi connectivity index (χ1) is 13.6. The lowest BCUT2D eigenvalue weighted by atomic mass is 9.86. The second kappa shape index (κ2) is 8.50. The van der Waals surface area contributed by atoms with Crippen molar-refractivity contribution in [3.63, 3.8) is 0 Å². The molecule has 2 aliphatic rings. The van der Waals surface area contributed by atoms with Crippen LogP contribution < -0.4 is 10.5 Å². The maximum Gasteiger partial charge on any atom is 0.227 e. The number of benzene rings is 2. The zero-order valence-electron chi connectivity index (χ0n) is 16.6. The molecule has 150 valence electrons. The number of nitrogens with zero attached hydrogens (tertiary/aromatic N) is 1. The van der Waals surface area contributed by atoms with Crippen LogP contribution in [0, 0.1) is 5.92 Å². The van der Waals surface area contributed by atoms with Crippen LogP contribution in [0.2, 0.25) is 0 Å². The Morgan fingerprint density at radius 3 is 2.79 bits per heavy atom. The SMILES string of the molecule is COc1ccc2cccc(CC(=O)N3CCC([C@H]4C[C@H](N)CCO4)CC3)c2c1.